The van der Waals surface area contributed by atoms with Crippen molar-refractivity contribution in [3.05, 3.63) is 58.6 Å². The zero-order valence-corrected chi connectivity index (χ0v) is 17.7. The molecular weight excluding hydrogens is 400 g/mol. The van der Waals surface area contributed by atoms with Crippen LogP contribution in [0.3, 0.4) is 0 Å². The van der Waals surface area contributed by atoms with Crippen LogP contribution in [0.2, 0.25) is 0 Å². The lowest BCUT2D eigenvalue weighted by Crippen LogP contribution is -2.13. The number of thioether (sulfide) groups is 1. The lowest BCUT2D eigenvalue weighted by Gasteiger charge is -2.13. The summed E-state index contributed by atoms with van der Waals surface area (Å²) < 4.78 is 11.3. The highest BCUT2D eigenvalue weighted by Gasteiger charge is 2.30. The smallest absolute Gasteiger partial charge is 0.340 e. The molecule has 0 radical (unpaired) electrons. The van der Waals surface area contributed by atoms with Gasteiger partial charge in [-0.25, -0.2) is 9.78 Å². The van der Waals surface area contributed by atoms with E-state index in [0.717, 1.165) is 29.7 Å². The van der Waals surface area contributed by atoms with Crippen LogP contribution in [0.5, 0.6) is 0 Å². The average molecular weight is 420 g/mol. The number of ether oxygens (including phenoxy) is 1. The number of aryl methyl sites for hydroxylation is 1. The molecule has 3 aromatic rings. The number of nitrogens with zero attached hydrogens (tertiary/aromatic N) is 4. The lowest BCUT2D eigenvalue weighted by molar-refractivity contribution is 0.0279. The molecule has 1 aromatic carbocycles. The van der Waals surface area contributed by atoms with E-state index < -0.39 is 12.1 Å². The molecule has 4 rings (SSSR count). The van der Waals surface area contributed by atoms with Crippen molar-refractivity contribution >= 4 is 17.7 Å². The number of esters is 1. The topological polar surface area (TPSA) is 102 Å². The number of carbonyl (C=O) groups is 1. The van der Waals surface area contributed by atoms with E-state index in [2.05, 4.69) is 21.3 Å². The Morgan fingerprint density at radius 2 is 2.03 bits per heavy atom. The molecule has 7 nitrogen and oxygen atoms in total. The Morgan fingerprint density at radius 3 is 2.67 bits per heavy atom. The molecule has 1 atom stereocenters. The van der Waals surface area contributed by atoms with Gasteiger partial charge in [0.2, 0.25) is 5.89 Å². The van der Waals surface area contributed by atoms with Crippen LogP contribution in [-0.4, -0.2) is 27.4 Å². The highest BCUT2D eigenvalue weighted by molar-refractivity contribution is 7.98. The first-order valence-corrected chi connectivity index (χ1v) is 10.8. The van der Waals surface area contributed by atoms with Crippen molar-refractivity contribution in [1.82, 2.24) is 15.2 Å². The van der Waals surface area contributed by atoms with Crippen LogP contribution in [0.1, 0.15) is 64.9 Å². The molecule has 1 aliphatic carbocycles. The highest BCUT2D eigenvalue weighted by atomic mass is 32.2. The van der Waals surface area contributed by atoms with E-state index in [-0.39, 0.29) is 17.0 Å². The van der Waals surface area contributed by atoms with Crippen molar-refractivity contribution in [1.29, 1.82) is 5.26 Å². The minimum atomic E-state index is -0.758. The Bertz CT molecular complexity index is 1130. The van der Waals surface area contributed by atoms with E-state index in [1.54, 1.807) is 13.0 Å². The van der Waals surface area contributed by atoms with Crippen LogP contribution >= 0.6 is 11.8 Å². The minimum Gasteiger partial charge on any atom is -0.449 e. The van der Waals surface area contributed by atoms with Crippen LogP contribution in [0.25, 0.3) is 11.5 Å². The van der Waals surface area contributed by atoms with Gasteiger partial charge in [0.1, 0.15) is 11.1 Å². The SMILES string of the molecule is CSc1nc(C2CC2)cc(C(=O)OC(C)c2nnc(-c3ccc(C)cc3)o2)c1C#N. The fourth-order valence-electron chi connectivity index (χ4n) is 3.03. The molecule has 0 N–H and O–H groups in total. The second-order valence-electron chi connectivity index (χ2n) is 7.22. The third-order valence-corrected chi connectivity index (χ3v) is 5.58. The number of aromatic nitrogens is 3. The van der Waals surface area contributed by atoms with Crippen molar-refractivity contribution < 1.29 is 13.9 Å². The largest absolute Gasteiger partial charge is 0.449 e. The van der Waals surface area contributed by atoms with Gasteiger partial charge >= 0.3 is 5.97 Å². The number of benzene rings is 1. The van der Waals surface area contributed by atoms with E-state index in [9.17, 15) is 10.1 Å². The second-order valence-corrected chi connectivity index (χ2v) is 8.02. The van der Waals surface area contributed by atoms with Crippen molar-refractivity contribution in [2.24, 2.45) is 0 Å². The molecule has 0 spiro atoms. The van der Waals surface area contributed by atoms with Gasteiger partial charge in [-0.2, -0.15) is 5.26 Å². The molecule has 1 fully saturated rings. The summed E-state index contributed by atoms with van der Waals surface area (Å²) in [5.74, 6) is 0.295. The fourth-order valence-corrected chi connectivity index (χ4v) is 3.59. The summed E-state index contributed by atoms with van der Waals surface area (Å²) in [5.41, 5.74) is 3.20. The molecule has 0 saturated heterocycles. The summed E-state index contributed by atoms with van der Waals surface area (Å²) in [7, 11) is 0. The Hall–Kier alpha value is -3.18. The maximum Gasteiger partial charge on any atom is 0.340 e. The normalized spacial score (nSPS) is 14.2. The lowest BCUT2D eigenvalue weighted by atomic mass is 10.1. The van der Waals surface area contributed by atoms with E-state index in [4.69, 9.17) is 9.15 Å². The van der Waals surface area contributed by atoms with Gasteiger partial charge in [0, 0.05) is 17.2 Å². The zero-order chi connectivity index (χ0) is 21.3. The molecule has 30 heavy (non-hydrogen) atoms. The predicted molar refractivity (Wildman–Crippen MR) is 111 cm³/mol. The van der Waals surface area contributed by atoms with Gasteiger partial charge < -0.3 is 9.15 Å². The summed E-state index contributed by atoms with van der Waals surface area (Å²) in [6.45, 7) is 3.66. The highest BCUT2D eigenvalue weighted by Crippen LogP contribution is 2.41. The van der Waals surface area contributed by atoms with E-state index in [0.29, 0.717) is 16.8 Å². The fraction of sp³-hybridized carbons (Fsp3) is 0.318. The van der Waals surface area contributed by atoms with Gasteiger partial charge in [-0.1, -0.05) is 17.7 Å². The van der Waals surface area contributed by atoms with Gasteiger partial charge in [-0.15, -0.1) is 22.0 Å². The van der Waals surface area contributed by atoms with Crippen molar-refractivity contribution in [3.8, 4) is 17.5 Å². The molecule has 2 heterocycles. The van der Waals surface area contributed by atoms with Crippen LogP contribution in [0, 0.1) is 18.3 Å². The van der Waals surface area contributed by atoms with Crippen LogP contribution in [0.4, 0.5) is 0 Å². The molecule has 2 aromatic heterocycles. The molecular formula is C22H20N4O3S. The first kappa shape index (κ1) is 20.1. The van der Waals surface area contributed by atoms with Crippen molar-refractivity contribution in [3.63, 3.8) is 0 Å². The molecule has 1 saturated carbocycles. The van der Waals surface area contributed by atoms with Crippen molar-refractivity contribution in [2.75, 3.05) is 6.26 Å². The van der Waals surface area contributed by atoms with E-state index >= 15 is 0 Å². The summed E-state index contributed by atoms with van der Waals surface area (Å²) in [6, 6.07) is 11.5. The molecule has 8 heteroatoms. The minimum absolute atomic E-state index is 0.194. The van der Waals surface area contributed by atoms with Crippen LogP contribution < -0.4 is 0 Å². The summed E-state index contributed by atoms with van der Waals surface area (Å²) in [5, 5.41) is 18.2. The molecule has 152 valence electrons. The molecule has 1 aliphatic rings. The maximum absolute atomic E-state index is 12.9. The Morgan fingerprint density at radius 1 is 1.30 bits per heavy atom. The van der Waals surface area contributed by atoms with Gasteiger partial charge in [-0.3, -0.25) is 0 Å². The number of pyridine rings is 1. The molecule has 0 bridgehead atoms. The van der Waals surface area contributed by atoms with E-state index in [1.165, 1.54) is 11.8 Å². The first-order chi connectivity index (χ1) is 14.5. The Labute approximate surface area is 178 Å². The third kappa shape index (κ3) is 4.07. The number of rotatable bonds is 6. The maximum atomic E-state index is 12.9. The molecule has 0 amide bonds. The molecule has 0 aliphatic heterocycles. The number of carbonyl (C=O) groups excluding carboxylic acids is 1. The zero-order valence-electron chi connectivity index (χ0n) is 16.9. The van der Waals surface area contributed by atoms with Gasteiger partial charge in [0.25, 0.3) is 5.89 Å². The summed E-state index contributed by atoms with van der Waals surface area (Å²) in [6.07, 6.45) is 3.16. The van der Waals surface area contributed by atoms with Gasteiger partial charge in [0.05, 0.1) is 11.1 Å². The summed E-state index contributed by atoms with van der Waals surface area (Å²) >= 11 is 1.35. The number of nitriles is 1. The van der Waals surface area contributed by atoms with Gasteiger partial charge in [-0.05, 0) is 51.1 Å². The number of hydrogen-bond acceptors (Lipinski definition) is 8. The average Bonchev–Trinajstić information content (AvgIpc) is 3.49. The monoisotopic (exact) mass is 420 g/mol. The van der Waals surface area contributed by atoms with Crippen LogP contribution in [0.15, 0.2) is 39.8 Å². The number of hydrogen-bond donors (Lipinski definition) is 0. The molecule has 1 unspecified atom stereocenters. The Kier molecular flexibility index (Phi) is 5.55. The summed E-state index contributed by atoms with van der Waals surface area (Å²) in [4.78, 5) is 17.4. The first-order valence-electron chi connectivity index (χ1n) is 9.60. The standard InChI is InChI=1S/C22H20N4O3S/c1-12-4-6-15(7-5-12)20-26-25-19(29-20)13(2)28-22(27)16-10-18(14-8-9-14)24-21(30-3)17(16)11-23/h4-7,10,13-14H,8-9H2,1-3H3. The Balaban J connectivity index is 1.56. The quantitative estimate of drug-likeness (QED) is 0.413. The van der Waals surface area contributed by atoms with Gasteiger partial charge in [0.15, 0.2) is 6.10 Å². The van der Waals surface area contributed by atoms with Crippen LogP contribution in [-0.2, 0) is 4.74 Å². The predicted octanol–water partition coefficient (Wildman–Crippen LogP) is 4.83. The third-order valence-electron chi connectivity index (χ3n) is 4.90. The second kappa shape index (κ2) is 8.28. The van der Waals surface area contributed by atoms with Crippen molar-refractivity contribution in [2.45, 2.75) is 43.7 Å². The van der Waals surface area contributed by atoms with E-state index in [1.807, 2.05) is 37.4 Å².